The minimum absolute atomic E-state index is 0.275. The van der Waals surface area contributed by atoms with E-state index in [1.54, 1.807) is 42.5 Å². The van der Waals surface area contributed by atoms with Crippen molar-refractivity contribution in [2.75, 3.05) is 27.2 Å². The monoisotopic (exact) mass is 367 g/mol. The molecule has 1 atom stereocenters. The quantitative estimate of drug-likeness (QED) is 0.803. The molecule has 0 bridgehead atoms. The van der Waals surface area contributed by atoms with Gasteiger partial charge >= 0.3 is 0 Å². The molecular formula is C15H21N5O2S2. The van der Waals surface area contributed by atoms with Crippen molar-refractivity contribution in [2.45, 2.75) is 19.3 Å². The molecule has 0 radical (unpaired) electrons. The smallest absolute Gasteiger partial charge is 0.257 e. The lowest BCUT2D eigenvalue weighted by Crippen LogP contribution is -2.45. The van der Waals surface area contributed by atoms with Gasteiger partial charge in [0.1, 0.15) is 5.69 Å². The van der Waals surface area contributed by atoms with Crippen molar-refractivity contribution in [1.82, 2.24) is 23.6 Å². The molecule has 1 aliphatic heterocycles. The van der Waals surface area contributed by atoms with E-state index in [0.29, 0.717) is 13.1 Å². The molecule has 3 heterocycles. The Morgan fingerprint density at radius 3 is 2.75 bits per heavy atom. The van der Waals surface area contributed by atoms with Gasteiger partial charge in [-0.1, -0.05) is 0 Å². The van der Waals surface area contributed by atoms with Gasteiger partial charge in [-0.15, -0.1) is 11.3 Å². The summed E-state index contributed by atoms with van der Waals surface area (Å²) in [5, 5.41) is 0. The van der Waals surface area contributed by atoms with E-state index < -0.39 is 10.2 Å². The van der Waals surface area contributed by atoms with E-state index in [-0.39, 0.29) is 5.92 Å². The molecule has 0 N–H and O–H groups in total. The summed E-state index contributed by atoms with van der Waals surface area (Å²) >= 11 is 1.53. The predicted octanol–water partition coefficient (Wildman–Crippen LogP) is 1.66. The molecule has 0 aliphatic carbocycles. The third-order valence-corrected chi connectivity index (χ3v) is 6.86. The first-order chi connectivity index (χ1) is 11.5. The Bertz CT molecular complexity index is 760. The Kier molecular flexibility index (Phi) is 5.24. The topological polar surface area (TPSA) is 79.3 Å². The van der Waals surface area contributed by atoms with Crippen molar-refractivity contribution in [3.63, 3.8) is 0 Å². The molecule has 7 nitrogen and oxygen atoms in total. The molecule has 0 spiro atoms. The molecule has 0 aromatic carbocycles. The highest BCUT2D eigenvalue weighted by atomic mass is 32.2. The summed E-state index contributed by atoms with van der Waals surface area (Å²) in [6.07, 6.45) is 7.96. The van der Waals surface area contributed by atoms with Crippen LogP contribution in [0.3, 0.4) is 0 Å². The number of piperidine rings is 1. The predicted molar refractivity (Wildman–Crippen MR) is 93.7 cm³/mol. The second-order valence-corrected chi connectivity index (χ2v) is 9.15. The van der Waals surface area contributed by atoms with Crippen LogP contribution >= 0.6 is 11.3 Å². The zero-order valence-electron chi connectivity index (χ0n) is 13.8. The summed E-state index contributed by atoms with van der Waals surface area (Å²) in [7, 11) is -0.192. The van der Waals surface area contributed by atoms with Crippen LogP contribution in [0.15, 0.2) is 24.1 Å². The fourth-order valence-corrected chi connectivity index (χ4v) is 4.66. The molecule has 2 aromatic rings. The normalized spacial score (nSPS) is 19.7. The standard InChI is InChI=1S/C15H21N5O2S2/c1-19(2)24(21,22)20-5-3-4-12(10-20)6-13-7-18-14(8-17-13)15-9-16-11-23-15/h7-9,11-12H,3-6,10H2,1-2H3. The average molecular weight is 368 g/mol. The van der Waals surface area contributed by atoms with Crippen LogP contribution in [0.2, 0.25) is 0 Å². The second-order valence-electron chi connectivity index (χ2n) is 6.12. The van der Waals surface area contributed by atoms with Crippen LogP contribution in [-0.2, 0) is 16.6 Å². The fourth-order valence-electron chi connectivity index (χ4n) is 2.86. The minimum Gasteiger partial charge on any atom is -0.257 e. The van der Waals surface area contributed by atoms with Gasteiger partial charge in [0.2, 0.25) is 0 Å². The van der Waals surface area contributed by atoms with Crippen molar-refractivity contribution in [1.29, 1.82) is 0 Å². The van der Waals surface area contributed by atoms with E-state index in [0.717, 1.165) is 35.5 Å². The first-order valence-corrected chi connectivity index (χ1v) is 10.1. The highest BCUT2D eigenvalue weighted by Gasteiger charge is 2.30. The summed E-state index contributed by atoms with van der Waals surface area (Å²) in [6.45, 7) is 1.13. The van der Waals surface area contributed by atoms with Gasteiger partial charge in [0.25, 0.3) is 10.2 Å². The molecule has 2 aromatic heterocycles. The summed E-state index contributed by atoms with van der Waals surface area (Å²) in [6, 6.07) is 0. The van der Waals surface area contributed by atoms with Crippen molar-refractivity contribution >= 4 is 21.5 Å². The largest absolute Gasteiger partial charge is 0.281 e. The Labute approximate surface area is 146 Å². The van der Waals surface area contributed by atoms with Gasteiger partial charge in [0, 0.05) is 39.6 Å². The van der Waals surface area contributed by atoms with Crippen LogP contribution in [-0.4, -0.2) is 59.2 Å². The fraction of sp³-hybridized carbons (Fsp3) is 0.533. The molecule has 130 valence electrons. The van der Waals surface area contributed by atoms with E-state index >= 15 is 0 Å². The number of aromatic nitrogens is 3. The Hall–Kier alpha value is -1.42. The Morgan fingerprint density at radius 2 is 2.12 bits per heavy atom. The number of nitrogens with zero attached hydrogens (tertiary/aromatic N) is 5. The first-order valence-electron chi connectivity index (χ1n) is 7.84. The molecule has 1 fully saturated rings. The second kappa shape index (κ2) is 7.22. The summed E-state index contributed by atoms with van der Waals surface area (Å²) in [5.41, 5.74) is 3.49. The lowest BCUT2D eigenvalue weighted by molar-refractivity contribution is 0.253. The van der Waals surface area contributed by atoms with Crippen LogP contribution in [0.4, 0.5) is 0 Å². The van der Waals surface area contributed by atoms with Gasteiger partial charge in [-0.25, -0.2) is 0 Å². The first kappa shape index (κ1) is 17.4. The third kappa shape index (κ3) is 3.80. The number of thiazole rings is 1. The number of hydrogen-bond acceptors (Lipinski definition) is 6. The van der Waals surface area contributed by atoms with Gasteiger partial charge < -0.3 is 0 Å². The Morgan fingerprint density at radius 1 is 1.29 bits per heavy atom. The highest BCUT2D eigenvalue weighted by Crippen LogP contribution is 2.24. The van der Waals surface area contributed by atoms with E-state index in [4.69, 9.17) is 0 Å². The molecule has 1 saturated heterocycles. The molecule has 1 unspecified atom stereocenters. The molecule has 9 heteroatoms. The van der Waals surface area contributed by atoms with Crippen molar-refractivity contribution in [3.8, 4) is 10.6 Å². The van der Waals surface area contributed by atoms with Crippen LogP contribution in [0, 0.1) is 5.92 Å². The van der Waals surface area contributed by atoms with Crippen LogP contribution < -0.4 is 0 Å². The third-order valence-electron chi connectivity index (χ3n) is 4.16. The van der Waals surface area contributed by atoms with Gasteiger partial charge in [-0.2, -0.15) is 17.0 Å². The molecule has 24 heavy (non-hydrogen) atoms. The van der Waals surface area contributed by atoms with Gasteiger partial charge in [-0.05, 0) is 25.2 Å². The van der Waals surface area contributed by atoms with Crippen molar-refractivity contribution < 1.29 is 8.42 Å². The zero-order valence-corrected chi connectivity index (χ0v) is 15.4. The summed E-state index contributed by atoms with van der Waals surface area (Å²) < 4.78 is 27.4. The van der Waals surface area contributed by atoms with E-state index in [2.05, 4.69) is 15.0 Å². The molecular weight excluding hydrogens is 346 g/mol. The number of rotatable bonds is 5. The summed E-state index contributed by atoms with van der Waals surface area (Å²) in [5.74, 6) is 0.275. The molecule has 0 saturated carbocycles. The van der Waals surface area contributed by atoms with E-state index in [9.17, 15) is 8.42 Å². The molecule has 3 rings (SSSR count). The maximum absolute atomic E-state index is 12.3. The van der Waals surface area contributed by atoms with Crippen LogP contribution in [0.5, 0.6) is 0 Å². The highest BCUT2D eigenvalue weighted by molar-refractivity contribution is 7.86. The van der Waals surface area contributed by atoms with Crippen LogP contribution in [0.25, 0.3) is 10.6 Å². The van der Waals surface area contributed by atoms with Gasteiger partial charge in [0.05, 0.1) is 22.3 Å². The summed E-state index contributed by atoms with van der Waals surface area (Å²) in [4.78, 5) is 14.0. The van der Waals surface area contributed by atoms with Gasteiger partial charge in [0.15, 0.2) is 0 Å². The minimum atomic E-state index is -3.34. The SMILES string of the molecule is CN(C)S(=O)(=O)N1CCCC(Cc2cnc(-c3cncs3)cn2)C1. The van der Waals surface area contributed by atoms with Crippen molar-refractivity contribution in [2.24, 2.45) is 5.92 Å². The van der Waals surface area contributed by atoms with E-state index in [1.165, 1.54) is 15.6 Å². The van der Waals surface area contributed by atoms with Gasteiger partial charge in [-0.3, -0.25) is 15.0 Å². The maximum Gasteiger partial charge on any atom is 0.281 e. The zero-order chi connectivity index (χ0) is 17.2. The number of hydrogen-bond donors (Lipinski definition) is 0. The Balaban J connectivity index is 1.65. The average Bonchev–Trinajstić information content (AvgIpc) is 3.10. The van der Waals surface area contributed by atoms with E-state index in [1.807, 2.05) is 0 Å². The lowest BCUT2D eigenvalue weighted by atomic mass is 9.95. The lowest BCUT2D eigenvalue weighted by Gasteiger charge is -2.33. The van der Waals surface area contributed by atoms with Crippen molar-refractivity contribution in [3.05, 3.63) is 29.8 Å². The molecule has 1 aliphatic rings. The molecule has 0 amide bonds. The maximum atomic E-state index is 12.3. The van der Waals surface area contributed by atoms with Crippen LogP contribution in [0.1, 0.15) is 18.5 Å².